The summed E-state index contributed by atoms with van der Waals surface area (Å²) in [6.07, 6.45) is 0. The van der Waals surface area contributed by atoms with Crippen LogP contribution in [0.1, 0.15) is 33.3 Å². The SMILES string of the molecule is COC(=O)c1c(NC(=O)CN2C(=O)NC(C)(c3cc(F)ccc3F)C2=O)sc(C)c1C. The van der Waals surface area contributed by atoms with Gasteiger partial charge in [-0.1, -0.05) is 0 Å². The van der Waals surface area contributed by atoms with E-state index in [0.717, 1.165) is 34.4 Å². The zero-order chi connectivity index (χ0) is 23.1. The van der Waals surface area contributed by atoms with Crippen molar-refractivity contribution in [2.45, 2.75) is 26.3 Å². The molecule has 11 heteroatoms. The number of esters is 1. The van der Waals surface area contributed by atoms with Crippen LogP contribution in [-0.2, 0) is 19.9 Å². The number of urea groups is 1. The number of aryl methyl sites for hydroxylation is 1. The molecule has 1 fully saturated rings. The van der Waals surface area contributed by atoms with Gasteiger partial charge in [0.25, 0.3) is 5.91 Å². The highest BCUT2D eigenvalue weighted by molar-refractivity contribution is 7.16. The number of imide groups is 1. The third-order valence-electron chi connectivity index (χ3n) is 5.07. The van der Waals surface area contributed by atoms with E-state index in [1.807, 2.05) is 0 Å². The molecule has 31 heavy (non-hydrogen) atoms. The molecular formula is C20H19F2N3O5S. The first kappa shape index (κ1) is 22.3. The first-order valence-electron chi connectivity index (χ1n) is 9.07. The van der Waals surface area contributed by atoms with Crippen LogP contribution in [0.25, 0.3) is 0 Å². The Morgan fingerprint density at radius 2 is 1.94 bits per heavy atom. The van der Waals surface area contributed by atoms with E-state index in [1.165, 1.54) is 14.0 Å². The van der Waals surface area contributed by atoms with Gasteiger partial charge in [-0.25, -0.2) is 18.4 Å². The minimum atomic E-state index is -1.88. The highest BCUT2D eigenvalue weighted by Gasteiger charge is 2.51. The summed E-state index contributed by atoms with van der Waals surface area (Å²) in [5.41, 5.74) is -1.42. The normalized spacial score (nSPS) is 18.2. The van der Waals surface area contributed by atoms with Crippen molar-refractivity contribution in [2.24, 2.45) is 0 Å². The van der Waals surface area contributed by atoms with Crippen LogP contribution < -0.4 is 10.6 Å². The first-order valence-corrected chi connectivity index (χ1v) is 9.89. The number of nitrogens with one attached hydrogen (secondary N) is 2. The van der Waals surface area contributed by atoms with Crippen LogP contribution in [0.15, 0.2) is 18.2 Å². The highest BCUT2D eigenvalue weighted by Crippen LogP contribution is 2.34. The van der Waals surface area contributed by atoms with E-state index in [1.54, 1.807) is 13.8 Å². The quantitative estimate of drug-likeness (QED) is 0.537. The summed E-state index contributed by atoms with van der Waals surface area (Å²) < 4.78 is 32.6. The number of carbonyl (C=O) groups is 4. The number of benzene rings is 1. The van der Waals surface area contributed by atoms with Crippen molar-refractivity contribution in [1.82, 2.24) is 10.2 Å². The summed E-state index contributed by atoms with van der Waals surface area (Å²) in [5, 5.41) is 5.05. The molecule has 1 aromatic heterocycles. The summed E-state index contributed by atoms with van der Waals surface area (Å²) in [6.45, 7) is 4.00. The molecule has 164 valence electrons. The van der Waals surface area contributed by atoms with Gasteiger partial charge in [0.15, 0.2) is 0 Å². The lowest BCUT2D eigenvalue weighted by molar-refractivity contribution is -0.133. The van der Waals surface area contributed by atoms with Gasteiger partial charge in [-0.2, -0.15) is 0 Å². The standard InChI is InChI=1S/C20H19F2N3O5S/c1-9-10(2)31-16(15(9)17(27)30-4)23-14(26)8-25-18(28)20(3,24-19(25)29)12-7-11(21)5-6-13(12)22/h5-7H,8H2,1-4H3,(H,23,26)(H,24,29). The minimum Gasteiger partial charge on any atom is -0.465 e. The Kier molecular flexibility index (Phi) is 5.81. The van der Waals surface area contributed by atoms with Crippen molar-refractivity contribution in [2.75, 3.05) is 19.0 Å². The van der Waals surface area contributed by atoms with Gasteiger partial charge in [-0.3, -0.25) is 14.5 Å². The number of rotatable bonds is 5. The lowest BCUT2D eigenvalue weighted by Gasteiger charge is -2.22. The van der Waals surface area contributed by atoms with E-state index in [4.69, 9.17) is 4.74 Å². The zero-order valence-corrected chi connectivity index (χ0v) is 17.9. The lowest BCUT2D eigenvalue weighted by Crippen LogP contribution is -2.42. The number of hydrogen-bond acceptors (Lipinski definition) is 6. The second kappa shape index (κ2) is 8.06. The molecule has 0 radical (unpaired) electrons. The van der Waals surface area contributed by atoms with Crippen molar-refractivity contribution in [1.29, 1.82) is 0 Å². The Hall–Kier alpha value is -3.34. The monoisotopic (exact) mass is 451 g/mol. The van der Waals surface area contributed by atoms with Crippen molar-refractivity contribution < 1.29 is 32.7 Å². The fraction of sp³-hybridized carbons (Fsp3) is 0.300. The van der Waals surface area contributed by atoms with Gasteiger partial charge in [-0.05, 0) is 44.5 Å². The van der Waals surface area contributed by atoms with E-state index < -0.39 is 47.5 Å². The smallest absolute Gasteiger partial charge is 0.341 e. The Balaban J connectivity index is 1.83. The molecule has 0 saturated carbocycles. The Labute approximate surface area is 180 Å². The molecule has 1 saturated heterocycles. The lowest BCUT2D eigenvalue weighted by atomic mass is 9.91. The maximum absolute atomic E-state index is 14.2. The average Bonchev–Trinajstić information content (AvgIpc) is 3.10. The van der Waals surface area contributed by atoms with Crippen LogP contribution in [0.4, 0.5) is 18.6 Å². The molecule has 0 bridgehead atoms. The number of methoxy groups -OCH3 is 1. The van der Waals surface area contributed by atoms with Crippen molar-refractivity contribution in [3.05, 3.63) is 51.4 Å². The topological polar surface area (TPSA) is 105 Å². The molecule has 1 atom stereocenters. The summed E-state index contributed by atoms with van der Waals surface area (Å²) in [7, 11) is 1.21. The third-order valence-corrected chi connectivity index (χ3v) is 6.19. The number of ether oxygens (including phenoxy) is 1. The van der Waals surface area contributed by atoms with Crippen LogP contribution >= 0.6 is 11.3 Å². The third kappa shape index (κ3) is 3.88. The summed E-state index contributed by atoms with van der Waals surface area (Å²) >= 11 is 1.14. The molecule has 2 heterocycles. The Morgan fingerprint density at radius 3 is 2.58 bits per heavy atom. The molecule has 2 N–H and O–H groups in total. The number of carbonyl (C=O) groups excluding carboxylic acids is 4. The number of thiophene rings is 1. The van der Waals surface area contributed by atoms with Gasteiger partial charge < -0.3 is 15.4 Å². The highest BCUT2D eigenvalue weighted by atomic mass is 32.1. The molecular weight excluding hydrogens is 432 g/mol. The molecule has 1 aliphatic rings. The van der Waals surface area contributed by atoms with Crippen molar-refractivity contribution >= 4 is 40.2 Å². The average molecular weight is 451 g/mol. The van der Waals surface area contributed by atoms with E-state index in [-0.39, 0.29) is 16.1 Å². The maximum Gasteiger partial charge on any atom is 0.341 e. The van der Waals surface area contributed by atoms with Crippen LogP contribution in [0, 0.1) is 25.5 Å². The number of hydrogen-bond donors (Lipinski definition) is 2. The first-order chi connectivity index (χ1) is 14.5. The molecule has 2 aromatic rings. The fourth-order valence-electron chi connectivity index (χ4n) is 3.28. The molecule has 3 rings (SSSR count). The maximum atomic E-state index is 14.2. The van der Waals surface area contributed by atoms with E-state index in [0.29, 0.717) is 10.5 Å². The predicted octanol–water partition coefficient (Wildman–Crippen LogP) is 2.84. The molecule has 4 amide bonds. The van der Waals surface area contributed by atoms with Crippen LogP contribution in [0.2, 0.25) is 0 Å². The van der Waals surface area contributed by atoms with Crippen molar-refractivity contribution in [3.63, 3.8) is 0 Å². The van der Waals surface area contributed by atoms with Gasteiger partial charge in [0.2, 0.25) is 5.91 Å². The number of halogens is 2. The van der Waals surface area contributed by atoms with Crippen LogP contribution in [0.5, 0.6) is 0 Å². The Morgan fingerprint density at radius 1 is 1.26 bits per heavy atom. The molecule has 8 nitrogen and oxygen atoms in total. The molecule has 1 unspecified atom stereocenters. The van der Waals surface area contributed by atoms with Crippen molar-refractivity contribution in [3.8, 4) is 0 Å². The zero-order valence-electron chi connectivity index (χ0n) is 17.1. The second-order valence-corrected chi connectivity index (χ2v) is 8.32. The van der Waals surface area contributed by atoms with E-state index in [9.17, 15) is 28.0 Å². The fourth-order valence-corrected chi connectivity index (χ4v) is 4.34. The molecule has 0 spiro atoms. The number of nitrogens with zero attached hydrogens (tertiary/aromatic N) is 1. The number of anilines is 1. The minimum absolute atomic E-state index is 0.183. The van der Waals surface area contributed by atoms with Gasteiger partial charge >= 0.3 is 12.0 Å². The van der Waals surface area contributed by atoms with Gasteiger partial charge in [-0.15, -0.1) is 11.3 Å². The second-order valence-electron chi connectivity index (χ2n) is 7.10. The van der Waals surface area contributed by atoms with Gasteiger partial charge in [0.05, 0.1) is 12.7 Å². The molecule has 1 aromatic carbocycles. The van der Waals surface area contributed by atoms with Gasteiger partial charge in [0, 0.05) is 10.4 Å². The summed E-state index contributed by atoms with van der Waals surface area (Å²) in [5.74, 6) is -3.96. The van der Waals surface area contributed by atoms with Crippen LogP contribution in [-0.4, -0.2) is 42.4 Å². The largest absolute Gasteiger partial charge is 0.465 e. The predicted molar refractivity (Wildman–Crippen MR) is 108 cm³/mol. The molecule has 1 aliphatic heterocycles. The summed E-state index contributed by atoms with van der Waals surface area (Å²) in [6, 6.07) is 1.62. The van der Waals surface area contributed by atoms with Gasteiger partial charge in [0.1, 0.15) is 28.7 Å². The summed E-state index contributed by atoms with van der Waals surface area (Å²) in [4.78, 5) is 51.2. The Bertz CT molecular complexity index is 1120. The molecule has 0 aliphatic carbocycles. The number of amides is 4. The van der Waals surface area contributed by atoms with Crippen LogP contribution in [0.3, 0.4) is 0 Å². The van der Waals surface area contributed by atoms with E-state index in [2.05, 4.69) is 10.6 Å². The van der Waals surface area contributed by atoms with E-state index >= 15 is 0 Å².